The molecule has 0 spiro atoms. The van der Waals surface area contributed by atoms with Crippen molar-refractivity contribution >= 4 is 50.9 Å². The Morgan fingerprint density at radius 1 is 1.09 bits per heavy atom. The quantitative estimate of drug-likeness (QED) is 0.484. The van der Waals surface area contributed by atoms with E-state index in [4.69, 9.17) is 23.2 Å². The third-order valence-electron chi connectivity index (χ3n) is 2.51. The van der Waals surface area contributed by atoms with Crippen LogP contribution in [-0.4, -0.2) is 13.3 Å². The maximum absolute atomic E-state index is 12.1. The van der Waals surface area contributed by atoms with Crippen LogP contribution in [0, 0.1) is 10.1 Å². The summed E-state index contributed by atoms with van der Waals surface area (Å²) < 4.78 is 26.5. The zero-order chi connectivity index (χ0) is 16.3. The molecule has 0 radical (unpaired) electrons. The summed E-state index contributed by atoms with van der Waals surface area (Å²) in [4.78, 5) is 10.3. The van der Waals surface area contributed by atoms with Crippen molar-refractivity contribution in [3.63, 3.8) is 0 Å². The van der Waals surface area contributed by atoms with Crippen LogP contribution < -0.4 is 4.13 Å². The standard InChI is InChI=1S/C12H8Cl2N2O4S2/c13-8-1-6-12(11(14)7-8)21-15-22(19,20)10-4-2-9(3-5-10)16(17)18/h1-7,15H. The predicted molar refractivity (Wildman–Crippen MR) is 85.7 cm³/mol. The second-order valence-corrected chi connectivity index (χ2v) is 7.65. The Bertz CT molecular complexity index is 810. The molecular weight excluding hydrogens is 371 g/mol. The zero-order valence-corrected chi connectivity index (χ0v) is 13.8. The van der Waals surface area contributed by atoms with Crippen molar-refractivity contribution in [1.29, 1.82) is 0 Å². The highest BCUT2D eigenvalue weighted by Crippen LogP contribution is 2.29. The van der Waals surface area contributed by atoms with Crippen LogP contribution in [0.15, 0.2) is 52.3 Å². The largest absolute Gasteiger partial charge is 0.269 e. The summed E-state index contributed by atoms with van der Waals surface area (Å²) in [6.45, 7) is 0. The molecular formula is C12H8Cl2N2O4S2. The van der Waals surface area contributed by atoms with E-state index in [-0.39, 0.29) is 10.6 Å². The SMILES string of the molecule is O=[N+]([O-])c1ccc(S(=O)(=O)NSc2ccc(Cl)cc2Cl)cc1. The van der Waals surface area contributed by atoms with Gasteiger partial charge in [-0.3, -0.25) is 10.1 Å². The van der Waals surface area contributed by atoms with Gasteiger partial charge < -0.3 is 0 Å². The van der Waals surface area contributed by atoms with E-state index in [0.29, 0.717) is 14.9 Å². The van der Waals surface area contributed by atoms with E-state index in [1.54, 1.807) is 12.1 Å². The Morgan fingerprint density at radius 3 is 2.27 bits per heavy atom. The Kier molecular flexibility index (Phi) is 5.30. The molecule has 1 N–H and O–H groups in total. The first-order valence-electron chi connectivity index (χ1n) is 5.68. The highest BCUT2D eigenvalue weighted by atomic mass is 35.5. The molecule has 2 rings (SSSR count). The molecule has 116 valence electrons. The van der Waals surface area contributed by atoms with E-state index >= 15 is 0 Å². The smallest absolute Gasteiger partial charge is 0.258 e. The van der Waals surface area contributed by atoms with Crippen LogP contribution in [0.4, 0.5) is 5.69 Å². The fraction of sp³-hybridized carbons (Fsp3) is 0. The van der Waals surface area contributed by atoms with Crippen molar-refractivity contribution in [1.82, 2.24) is 4.13 Å². The topological polar surface area (TPSA) is 89.3 Å². The van der Waals surface area contributed by atoms with Crippen LogP contribution in [-0.2, 0) is 10.0 Å². The van der Waals surface area contributed by atoms with Gasteiger partial charge in [-0.15, -0.1) is 4.13 Å². The van der Waals surface area contributed by atoms with Gasteiger partial charge in [-0.2, -0.15) is 0 Å². The number of nitro groups is 1. The number of nitrogens with one attached hydrogen (secondary N) is 1. The second-order valence-electron chi connectivity index (χ2n) is 4.01. The van der Waals surface area contributed by atoms with Gasteiger partial charge in [0, 0.05) is 22.1 Å². The van der Waals surface area contributed by atoms with Crippen molar-refractivity contribution in [2.75, 3.05) is 0 Å². The van der Waals surface area contributed by atoms with Gasteiger partial charge in [-0.05, 0) is 42.3 Å². The summed E-state index contributed by atoms with van der Waals surface area (Å²) in [5.41, 5.74) is -0.188. The third-order valence-corrected chi connectivity index (χ3v) is 5.85. The number of hydrogen-bond acceptors (Lipinski definition) is 5. The highest BCUT2D eigenvalue weighted by molar-refractivity contribution is 8.09. The molecule has 0 aliphatic heterocycles. The van der Waals surface area contributed by atoms with Gasteiger partial charge in [-0.25, -0.2) is 8.42 Å². The van der Waals surface area contributed by atoms with Crippen LogP contribution in [0.3, 0.4) is 0 Å². The van der Waals surface area contributed by atoms with E-state index in [0.717, 1.165) is 36.2 Å². The summed E-state index contributed by atoms with van der Waals surface area (Å²) in [5, 5.41) is 11.3. The van der Waals surface area contributed by atoms with E-state index in [2.05, 4.69) is 4.13 Å². The number of sulfonamides is 1. The predicted octanol–water partition coefficient (Wildman–Crippen LogP) is 3.89. The lowest BCUT2D eigenvalue weighted by molar-refractivity contribution is -0.384. The molecule has 22 heavy (non-hydrogen) atoms. The van der Waals surface area contributed by atoms with Gasteiger partial charge in [0.2, 0.25) is 10.0 Å². The fourth-order valence-electron chi connectivity index (χ4n) is 1.45. The van der Waals surface area contributed by atoms with Crippen LogP contribution in [0.5, 0.6) is 0 Å². The lowest BCUT2D eigenvalue weighted by atomic mass is 10.3. The summed E-state index contributed by atoms with van der Waals surface area (Å²) in [5.74, 6) is 0. The fourth-order valence-corrected chi connectivity index (χ4v) is 3.95. The van der Waals surface area contributed by atoms with Crippen LogP contribution in [0.25, 0.3) is 0 Å². The molecule has 0 aliphatic carbocycles. The Balaban J connectivity index is 2.15. The van der Waals surface area contributed by atoms with Gasteiger partial charge in [0.05, 0.1) is 14.8 Å². The molecule has 0 fully saturated rings. The maximum atomic E-state index is 12.1. The maximum Gasteiger partial charge on any atom is 0.269 e. The van der Waals surface area contributed by atoms with Crippen LogP contribution in [0.2, 0.25) is 10.0 Å². The Morgan fingerprint density at radius 2 is 1.73 bits per heavy atom. The van der Waals surface area contributed by atoms with Gasteiger partial charge in [0.1, 0.15) is 0 Å². The minimum absolute atomic E-state index is 0.0873. The van der Waals surface area contributed by atoms with Crippen molar-refractivity contribution in [2.45, 2.75) is 9.79 Å². The highest BCUT2D eigenvalue weighted by Gasteiger charge is 2.17. The summed E-state index contributed by atoms with van der Waals surface area (Å²) in [6.07, 6.45) is 0. The lowest BCUT2D eigenvalue weighted by Crippen LogP contribution is -2.16. The summed E-state index contributed by atoms with van der Waals surface area (Å²) in [6, 6.07) is 9.20. The summed E-state index contributed by atoms with van der Waals surface area (Å²) in [7, 11) is -3.83. The minimum Gasteiger partial charge on any atom is -0.258 e. The Labute approximate surface area is 140 Å². The first kappa shape index (κ1) is 17.0. The third kappa shape index (κ3) is 4.11. The molecule has 0 unspecified atom stereocenters. The Hall–Kier alpha value is -1.32. The average Bonchev–Trinajstić information content (AvgIpc) is 2.46. The first-order chi connectivity index (χ1) is 10.3. The van der Waals surface area contributed by atoms with Crippen molar-refractivity contribution in [3.05, 3.63) is 62.6 Å². The van der Waals surface area contributed by atoms with Crippen molar-refractivity contribution in [3.8, 4) is 0 Å². The average molecular weight is 379 g/mol. The second kappa shape index (κ2) is 6.84. The number of hydrogen-bond donors (Lipinski definition) is 1. The zero-order valence-electron chi connectivity index (χ0n) is 10.7. The minimum atomic E-state index is -3.83. The molecule has 2 aromatic rings. The number of benzene rings is 2. The molecule has 0 atom stereocenters. The molecule has 0 bridgehead atoms. The number of nitro benzene ring substituents is 1. The van der Waals surface area contributed by atoms with E-state index in [1.165, 1.54) is 6.07 Å². The van der Waals surface area contributed by atoms with Gasteiger partial charge in [-0.1, -0.05) is 23.2 Å². The van der Waals surface area contributed by atoms with Crippen molar-refractivity contribution < 1.29 is 13.3 Å². The van der Waals surface area contributed by atoms with Gasteiger partial charge in [0.15, 0.2) is 0 Å². The number of halogens is 2. The van der Waals surface area contributed by atoms with E-state index in [1.807, 2.05) is 0 Å². The molecule has 0 aliphatic rings. The first-order valence-corrected chi connectivity index (χ1v) is 8.73. The molecule has 0 heterocycles. The normalized spacial score (nSPS) is 11.4. The molecule has 0 saturated heterocycles. The molecule has 0 amide bonds. The number of rotatable bonds is 5. The van der Waals surface area contributed by atoms with Gasteiger partial charge >= 0.3 is 0 Å². The monoisotopic (exact) mass is 378 g/mol. The van der Waals surface area contributed by atoms with E-state index in [9.17, 15) is 18.5 Å². The molecule has 0 aromatic heterocycles. The van der Waals surface area contributed by atoms with Crippen LogP contribution >= 0.6 is 35.1 Å². The van der Waals surface area contributed by atoms with Crippen LogP contribution in [0.1, 0.15) is 0 Å². The molecule has 6 nitrogen and oxygen atoms in total. The number of non-ortho nitro benzene ring substituents is 1. The molecule has 0 saturated carbocycles. The molecule has 2 aromatic carbocycles. The van der Waals surface area contributed by atoms with Crippen molar-refractivity contribution in [2.24, 2.45) is 0 Å². The molecule has 10 heteroatoms. The lowest BCUT2D eigenvalue weighted by Gasteiger charge is -2.07. The van der Waals surface area contributed by atoms with Gasteiger partial charge in [0.25, 0.3) is 5.69 Å². The summed E-state index contributed by atoms with van der Waals surface area (Å²) >= 11 is 12.5. The van der Waals surface area contributed by atoms with E-state index < -0.39 is 14.9 Å². The number of nitrogens with zero attached hydrogens (tertiary/aromatic N) is 1.